The lowest BCUT2D eigenvalue weighted by atomic mass is 10.00. The van der Waals surface area contributed by atoms with Crippen LogP contribution in [0.25, 0.3) is 0 Å². The molecule has 0 spiro atoms. The number of hydrogen-bond donors (Lipinski definition) is 4. The number of ether oxygens (including phenoxy) is 1. The number of hydrogen-bond acceptors (Lipinski definition) is 8. The highest BCUT2D eigenvalue weighted by Gasteiger charge is 2.45. The van der Waals surface area contributed by atoms with Crippen LogP contribution in [-0.4, -0.2) is 76.6 Å². The van der Waals surface area contributed by atoms with Gasteiger partial charge in [0, 0.05) is 31.9 Å². The van der Waals surface area contributed by atoms with Crippen molar-refractivity contribution in [3.05, 3.63) is 62.4 Å². The first-order valence-corrected chi connectivity index (χ1v) is 12.1. The van der Waals surface area contributed by atoms with Gasteiger partial charge in [-0.3, -0.25) is 19.1 Å². The van der Waals surface area contributed by atoms with E-state index in [9.17, 15) is 46.2 Å². The van der Waals surface area contributed by atoms with Gasteiger partial charge in [-0.05, 0) is 29.7 Å². The molecule has 1 aromatic carbocycles. The number of aromatic nitrogens is 2. The number of carbonyl (C=O) groups excluding carboxylic acids is 1. The molecule has 36 heavy (non-hydrogen) atoms. The summed E-state index contributed by atoms with van der Waals surface area (Å²) in [4.78, 5) is 37.1. The Kier molecular flexibility index (Phi) is 6.82. The van der Waals surface area contributed by atoms with Gasteiger partial charge in [0.25, 0.3) is 5.56 Å². The van der Waals surface area contributed by atoms with E-state index in [0.717, 1.165) is 16.8 Å². The minimum Gasteiger partial charge on any atom is -0.387 e. The molecule has 196 valence electrons. The fourth-order valence-electron chi connectivity index (χ4n) is 4.08. The zero-order valence-electron chi connectivity index (χ0n) is 18.3. The standard InChI is InChI=1S/C20H21F3N4O8S/c21-20(22,23)18(31)26-5-3-10-7-12(2-1-11(10)9-26)36(33,34)24-8-13-15(29)16(30)17(35-13)27-6-4-14(28)25-19(27)32/h1-2,4,6-7,13,15-17,24,29-30H,3,5,8-9H2,(H,25,28,32)/t13-,15-,16-,17-/m1/s1. The molecule has 1 aromatic heterocycles. The molecular formula is C20H21F3N4O8S. The lowest BCUT2D eigenvalue weighted by Gasteiger charge is -2.29. The van der Waals surface area contributed by atoms with Crippen LogP contribution < -0.4 is 16.0 Å². The summed E-state index contributed by atoms with van der Waals surface area (Å²) in [7, 11) is -4.17. The lowest BCUT2D eigenvalue weighted by molar-refractivity contribution is -0.186. The molecule has 12 nitrogen and oxygen atoms in total. The fraction of sp³-hybridized carbons (Fsp3) is 0.450. The van der Waals surface area contributed by atoms with Gasteiger partial charge in [0.1, 0.15) is 18.3 Å². The fourth-order valence-corrected chi connectivity index (χ4v) is 5.17. The van der Waals surface area contributed by atoms with Crippen LogP contribution in [0.1, 0.15) is 17.4 Å². The number of sulfonamides is 1. The van der Waals surface area contributed by atoms with E-state index in [-0.39, 0.29) is 24.4 Å². The molecule has 1 saturated heterocycles. The Morgan fingerprint density at radius 2 is 1.89 bits per heavy atom. The summed E-state index contributed by atoms with van der Waals surface area (Å²) in [6, 6.07) is 4.79. The number of nitrogens with zero attached hydrogens (tertiary/aromatic N) is 2. The second kappa shape index (κ2) is 9.44. The van der Waals surface area contributed by atoms with Gasteiger partial charge in [0.15, 0.2) is 6.23 Å². The van der Waals surface area contributed by atoms with Crippen molar-refractivity contribution in [2.45, 2.75) is 48.6 Å². The van der Waals surface area contributed by atoms with Crippen LogP contribution in [0.2, 0.25) is 0 Å². The van der Waals surface area contributed by atoms with Gasteiger partial charge in [-0.15, -0.1) is 0 Å². The van der Waals surface area contributed by atoms with Gasteiger partial charge >= 0.3 is 17.8 Å². The summed E-state index contributed by atoms with van der Waals surface area (Å²) in [5.74, 6) is -1.97. The Morgan fingerprint density at radius 3 is 2.56 bits per heavy atom. The van der Waals surface area contributed by atoms with Crippen LogP contribution >= 0.6 is 0 Å². The summed E-state index contributed by atoms with van der Waals surface area (Å²) in [6.07, 6.45) is -9.73. The number of benzene rings is 1. The average molecular weight is 534 g/mol. The smallest absolute Gasteiger partial charge is 0.387 e. The summed E-state index contributed by atoms with van der Waals surface area (Å²) >= 11 is 0. The van der Waals surface area contributed by atoms with E-state index in [2.05, 4.69) is 4.72 Å². The van der Waals surface area contributed by atoms with Crippen molar-refractivity contribution in [3.63, 3.8) is 0 Å². The van der Waals surface area contributed by atoms with Crippen molar-refractivity contribution in [2.24, 2.45) is 0 Å². The highest BCUT2D eigenvalue weighted by molar-refractivity contribution is 7.89. The maximum absolute atomic E-state index is 12.8. The quantitative estimate of drug-likeness (QED) is 0.362. The molecule has 0 bridgehead atoms. The van der Waals surface area contributed by atoms with E-state index in [1.807, 2.05) is 4.98 Å². The Balaban J connectivity index is 1.44. The first-order valence-electron chi connectivity index (χ1n) is 10.6. The number of rotatable bonds is 5. The predicted octanol–water partition coefficient (Wildman–Crippen LogP) is -1.42. The van der Waals surface area contributed by atoms with Gasteiger partial charge in [-0.1, -0.05) is 6.07 Å². The zero-order valence-corrected chi connectivity index (χ0v) is 19.1. The molecule has 3 heterocycles. The molecule has 1 fully saturated rings. The Morgan fingerprint density at radius 1 is 1.17 bits per heavy atom. The van der Waals surface area contributed by atoms with E-state index >= 15 is 0 Å². The van der Waals surface area contributed by atoms with Crippen LogP contribution in [0.15, 0.2) is 44.9 Å². The number of fused-ring (bicyclic) bond motifs is 1. The Labute approximate surface area is 201 Å². The van der Waals surface area contributed by atoms with Gasteiger partial charge in [0.2, 0.25) is 10.0 Å². The van der Waals surface area contributed by atoms with Crippen LogP contribution in [0.5, 0.6) is 0 Å². The highest BCUT2D eigenvalue weighted by Crippen LogP contribution is 2.29. The number of carbonyl (C=O) groups is 1. The van der Waals surface area contributed by atoms with E-state index in [4.69, 9.17) is 4.74 Å². The minimum atomic E-state index is -5.00. The maximum Gasteiger partial charge on any atom is 0.471 e. The SMILES string of the molecule is O=C(N1CCc2cc(S(=O)(=O)NC[C@H]3O[C@@H](n4ccc(=O)[nH]c4=O)[C@H](O)[C@@H]3O)ccc2C1)C(F)(F)F. The second-order valence-corrected chi connectivity index (χ2v) is 10.1. The molecule has 0 aliphatic carbocycles. The Hall–Kier alpha value is -3.05. The highest BCUT2D eigenvalue weighted by atomic mass is 32.2. The number of aromatic amines is 1. The van der Waals surface area contributed by atoms with Gasteiger partial charge in [-0.2, -0.15) is 13.2 Å². The molecular weight excluding hydrogens is 513 g/mol. The van der Waals surface area contributed by atoms with Crippen molar-refractivity contribution in [1.29, 1.82) is 0 Å². The van der Waals surface area contributed by atoms with E-state index < -0.39 is 64.4 Å². The van der Waals surface area contributed by atoms with Crippen molar-refractivity contribution in [1.82, 2.24) is 19.2 Å². The maximum atomic E-state index is 12.8. The van der Waals surface area contributed by atoms with E-state index in [1.165, 1.54) is 18.2 Å². The third-order valence-electron chi connectivity index (χ3n) is 5.97. The summed E-state index contributed by atoms with van der Waals surface area (Å²) in [6.45, 7) is -1.03. The first kappa shape index (κ1) is 26.0. The van der Waals surface area contributed by atoms with Gasteiger partial charge < -0.3 is 19.8 Å². The van der Waals surface area contributed by atoms with Gasteiger partial charge in [0.05, 0.1) is 4.90 Å². The molecule has 2 aromatic rings. The summed E-state index contributed by atoms with van der Waals surface area (Å²) < 4.78 is 72.2. The number of alkyl halides is 3. The average Bonchev–Trinajstić information content (AvgIpc) is 3.09. The number of aliphatic hydroxyl groups is 2. The molecule has 0 radical (unpaired) electrons. The van der Waals surface area contributed by atoms with Crippen LogP contribution in [-0.2, 0) is 32.5 Å². The Bertz CT molecular complexity index is 1390. The molecule has 0 saturated carbocycles. The molecule has 0 unspecified atom stereocenters. The topological polar surface area (TPSA) is 171 Å². The zero-order chi connectivity index (χ0) is 26.4. The number of H-pyrrole nitrogens is 1. The van der Waals surface area contributed by atoms with Crippen molar-refractivity contribution >= 4 is 15.9 Å². The van der Waals surface area contributed by atoms with Crippen LogP contribution in [0.3, 0.4) is 0 Å². The molecule has 4 atom stereocenters. The van der Waals surface area contributed by atoms with Gasteiger partial charge in [-0.25, -0.2) is 17.9 Å². The molecule has 4 rings (SSSR count). The number of amides is 1. The third-order valence-corrected chi connectivity index (χ3v) is 7.39. The molecule has 16 heteroatoms. The number of aliphatic hydroxyl groups excluding tert-OH is 2. The van der Waals surface area contributed by atoms with Crippen LogP contribution in [0.4, 0.5) is 13.2 Å². The second-order valence-electron chi connectivity index (χ2n) is 8.32. The van der Waals surface area contributed by atoms with E-state index in [0.29, 0.717) is 16.0 Å². The molecule has 1 amide bonds. The normalized spacial score (nSPS) is 24.5. The number of nitrogens with one attached hydrogen (secondary N) is 2. The minimum absolute atomic E-state index is 0.0206. The monoisotopic (exact) mass is 534 g/mol. The van der Waals surface area contributed by atoms with Crippen molar-refractivity contribution < 1.29 is 41.3 Å². The van der Waals surface area contributed by atoms with Crippen LogP contribution in [0, 0.1) is 0 Å². The largest absolute Gasteiger partial charge is 0.471 e. The van der Waals surface area contributed by atoms with Crippen molar-refractivity contribution in [3.8, 4) is 0 Å². The summed E-state index contributed by atoms with van der Waals surface area (Å²) in [5, 5.41) is 20.5. The number of halogens is 3. The molecule has 2 aliphatic rings. The predicted molar refractivity (Wildman–Crippen MR) is 114 cm³/mol. The summed E-state index contributed by atoms with van der Waals surface area (Å²) in [5.41, 5.74) is -0.735. The molecule has 4 N–H and O–H groups in total. The van der Waals surface area contributed by atoms with E-state index in [1.54, 1.807) is 0 Å². The first-order chi connectivity index (χ1) is 16.8. The van der Waals surface area contributed by atoms with Crippen molar-refractivity contribution in [2.75, 3.05) is 13.1 Å². The third kappa shape index (κ3) is 5.08. The lowest BCUT2D eigenvalue weighted by Crippen LogP contribution is -2.43. The molecule has 2 aliphatic heterocycles.